The van der Waals surface area contributed by atoms with E-state index in [0.717, 1.165) is 24.9 Å². The van der Waals surface area contributed by atoms with Gasteiger partial charge in [0.25, 0.3) is 0 Å². The fourth-order valence-corrected chi connectivity index (χ4v) is 3.04. The van der Waals surface area contributed by atoms with E-state index in [1.807, 2.05) is 6.92 Å². The zero-order valence-electron chi connectivity index (χ0n) is 13.2. The summed E-state index contributed by atoms with van der Waals surface area (Å²) in [5.41, 5.74) is 1.43. The third-order valence-corrected chi connectivity index (χ3v) is 4.60. The van der Waals surface area contributed by atoms with Crippen molar-refractivity contribution in [1.29, 1.82) is 0 Å². The molecule has 2 rings (SSSR count). The molecule has 1 saturated heterocycles. The first-order valence-electron chi connectivity index (χ1n) is 8.12. The van der Waals surface area contributed by atoms with Crippen molar-refractivity contribution in [1.82, 2.24) is 0 Å². The SMILES string of the molecule is CCOc1ccc(C[NH+]2CC[NH+](C(C)CC)CC2)cc1. The molecule has 20 heavy (non-hydrogen) atoms. The summed E-state index contributed by atoms with van der Waals surface area (Å²) in [6, 6.07) is 9.44. The molecule has 2 N–H and O–H groups in total. The molecule has 1 aliphatic heterocycles. The fourth-order valence-electron chi connectivity index (χ4n) is 3.04. The second kappa shape index (κ2) is 7.65. The topological polar surface area (TPSA) is 18.1 Å². The maximum atomic E-state index is 5.49. The van der Waals surface area contributed by atoms with Crippen molar-refractivity contribution in [3.8, 4) is 5.75 Å². The molecule has 1 aromatic rings. The van der Waals surface area contributed by atoms with Gasteiger partial charge in [0.2, 0.25) is 0 Å². The van der Waals surface area contributed by atoms with Crippen molar-refractivity contribution < 1.29 is 14.5 Å². The Morgan fingerprint density at radius 2 is 1.70 bits per heavy atom. The van der Waals surface area contributed by atoms with Gasteiger partial charge >= 0.3 is 0 Å². The molecule has 3 heteroatoms. The lowest BCUT2D eigenvalue weighted by atomic mass is 10.1. The fraction of sp³-hybridized carbons (Fsp3) is 0.647. The molecule has 1 heterocycles. The summed E-state index contributed by atoms with van der Waals surface area (Å²) in [6.07, 6.45) is 1.30. The molecule has 0 bridgehead atoms. The second-order valence-corrected chi connectivity index (χ2v) is 5.97. The van der Waals surface area contributed by atoms with Crippen LogP contribution in [0.1, 0.15) is 32.8 Å². The monoisotopic (exact) mass is 278 g/mol. The van der Waals surface area contributed by atoms with Crippen molar-refractivity contribution in [2.75, 3.05) is 32.8 Å². The van der Waals surface area contributed by atoms with Crippen molar-refractivity contribution >= 4 is 0 Å². The van der Waals surface area contributed by atoms with Gasteiger partial charge in [-0.25, -0.2) is 0 Å². The van der Waals surface area contributed by atoms with E-state index in [-0.39, 0.29) is 0 Å². The van der Waals surface area contributed by atoms with E-state index in [0.29, 0.717) is 0 Å². The first-order chi connectivity index (χ1) is 9.72. The predicted molar refractivity (Wildman–Crippen MR) is 82.5 cm³/mol. The number of nitrogens with one attached hydrogen (secondary N) is 2. The minimum Gasteiger partial charge on any atom is -0.494 e. The zero-order valence-corrected chi connectivity index (χ0v) is 13.2. The molecule has 1 fully saturated rings. The highest BCUT2D eigenvalue weighted by Gasteiger charge is 2.25. The van der Waals surface area contributed by atoms with Gasteiger partial charge in [0.05, 0.1) is 12.6 Å². The lowest BCUT2D eigenvalue weighted by molar-refractivity contribution is -1.03. The normalized spacial score (nSPS) is 24.4. The summed E-state index contributed by atoms with van der Waals surface area (Å²) >= 11 is 0. The Kier molecular flexibility index (Phi) is 5.86. The van der Waals surface area contributed by atoms with Crippen LogP contribution in [-0.4, -0.2) is 38.8 Å². The highest BCUT2D eigenvalue weighted by atomic mass is 16.5. The first kappa shape index (κ1) is 15.3. The van der Waals surface area contributed by atoms with Crippen LogP contribution in [0.25, 0.3) is 0 Å². The number of quaternary nitrogens is 2. The summed E-state index contributed by atoms with van der Waals surface area (Å²) in [5, 5.41) is 0. The molecule has 3 nitrogen and oxygen atoms in total. The minimum absolute atomic E-state index is 0.741. The van der Waals surface area contributed by atoms with Crippen molar-refractivity contribution in [3.05, 3.63) is 29.8 Å². The summed E-state index contributed by atoms with van der Waals surface area (Å²) in [5.74, 6) is 0.984. The van der Waals surface area contributed by atoms with Crippen LogP contribution in [-0.2, 0) is 6.54 Å². The average molecular weight is 278 g/mol. The predicted octanol–water partition coefficient (Wildman–Crippen LogP) is 0.167. The van der Waals surface area contributed by atoms with Crippen LogP contribution in [0, 0.1) is 0 Å². The van der Waals surface area contributed by atoms with E-state index in [1.54, 1.807) is 9.80 Å². The maximum absolute atomic E-state index is 5.49. The average Bonchev–Trinajstić information content (AvgIpc) is 2.49. The Balaban J connectivity index is 1.80. The lowest BCUT2D eigenvalue weighted by Crippen LogP contribution is -3.29. The quantitative estimate of drug-likeness (QED) is 0.759. The molecule has 0 amide bonds. The molecule has 0 saturated carbocycles. The van der Waals surface area contributed by atoms with Gasteiger partial charge in [-0.1, -0.05) is 6.92 Å². The third-order valence-electron chi connectivity index (χ3n) is 4.60. The van der Waals surface area contributed by atoms with E-state index in [1.165, 1.54) is 38.2 Å². The Hall–Kier alpha value is -1.06. The van der Waals surface area contributed by atoms with Gasteiger partial charge in [0.15, 0.2) is 0 Å². The van der Waals surface area contributed by atoms with E-state index < -0.39 is 0 Å². The van der Waals surface area contributed by atoms with Gasteiger partial charge in [-0.05, 0) is 44.5 Å². The first-order valence-corrected chi connectivity index (χ1v) is 8.12. The van der Waals surface area contributed by atoms with Crippen LogP contribution in [0.4, 0.5) is 0 Å². The third kappa shape index (κ3) is 4.22. The molecular weight excluding hydrogens is 248 g/mol. The Morgan fingerprint density at radius 1 is 1.05 bits per heavy atom. The van der Waals surface area contributed by atoms with Crippen molar-refractivity contribution in [2.24, 2.45) is 0 Å². The summed E-state index contributed by atoms with van der Waals surface area (Å²) in [6.45, 7) is 13.8. The van der Waals surface area contributed by atoms with Gasteiger partial charge in [0, 0.05) is 5.56 Å². The number of benzene rings is 1. The van der Waals surface area contributed by atoms with Gasteiger partial charge < -0.3 is 14.5 Å². The molecule has 0 aromatic heterocycles. The van der Waals surface area contributed by atoms with Crippen molar-refractivity contribution in [2.45, 2.75) is 39.8 Å². The van der Waals surface area contributed by atoms with E-state index >= 15 is 0 Å². The van der Waals surface area contributed by atoms with Gasteiger partial charge in [0.1, 0.15) is 38.5 Å². The maximum Gasteiger partial charge on any atom is 0.127 e. The molecular formula is C17H30N2O+2. The van der Waals surface area contributed by atoms with Crippen molar-refractivity contribution in [3.63, 3.8) is 0 Å². The molecule has 0 radical (unpaired) electrons. The number of piperazine rings is 1. The van der Waals surface area contributed by atoms with Crippen LogP contribution in [0.15, 0.2) is 24.3 Å². The van der Waals surface area contributed by atoms with Crippen LogP contribution in [0.5, 0.6) is 5.75 Å². The second-order valence-electron chi connectivity index (χ2n) is 5.97. The standard InChI is InChI=1S/C17H28N2O/c1-4-15(3)19-12-10-18(11-13-19)14-16-6-8-17(9-7-16)20-5-2/h6-9,15H,4-5,10-14H2,1-3H3/p+2. The van der Waals surface area contributed by atoms with Gasteiger partial charge in [-0.2, -0.15) is 0 Å². The van der Waals surface area contributed by atoms with Crippen LogP contribution in [0.2, 0.25) is 0 Å². The zero-order chi connectivity index (χ0) is 14.4. The van der Waals surface area contributed by atoms with E-state index in [4.69, 9.17) is 4.74 Å². The molecule has 112 valence electrons. The number of hydrogen-bond acceptors (Lipinski definition) is 1. The summed E-state index contributed by atoms with van der Waals surface area (Å²) in [7, 11) is 0. The van der Waals surface area contributed by atoms with Crippen LogP contribution < -0.4 is 14.5 Å². The van der Waals surface area contributed by atoms with Gasteiger partial charge in [-0.15, -0.1) is 0 Å². The molecule has 1 aromatic carbocycles. The minimum atomic E-state index is 0.741. The molecule has 1 unspecified atom stereocenters. The Labute approximate surface area is 123 Å². The summed E-state index contributed by atoms with van der Waals surface area (Å²) in [4.78, 5) is 3.52. The lowest BCUT2D eigenvalue weighted by Gasteiger charge is -2.33. The van der Waals surface area contributed by atoms with E-state index in [2.05, 4.69) is 38.1 Å². The smallest absolute Gasteiger partial charge is 0.127 e. The number of rotatable bonds is 6. The molecule has 1 atom stereocenters. The van der Waals surface area contributed by atoms with Gasteiger partial charge in [-0.3, -0.25) is 0 Å². The highest BCUT2D eigenvalue weighted by molar-refractivity contribution is 5.26. The van der Waals surface area contributed by atoms with Crippen LogP contribution >= 0.6 is 0 Å². The van der Waals surface area contributed by atoms with E-state index in [9.17, 15) is 0 Å². The number of ether oxygens (including phenoxy) is 1. The molecule has 0 aliphatic carbocycles. The largest absolute Gasteiger partial charge is 0.494 e. The Bertz CT molecular complexity index is 382. The van der Waals surface area contributed by atoms with Crippen LogP contribution in [0.3, 0.4) is 0 Å². The molecule has 1 aliphatic rings. The molecule has 0 spiro atoms. The number of hydrogen-bond donors (Lipinski definition) is 2. The highest BCUT2D eigenvalue weighted by Crippen LogP contribution is 2.11. The Morgan fingerprint density at radius 3 is 2.25 bits per heavy atom. The summed E-state index contributed by atoms with van der Waals surface area (Å²) < 4.78 is 5.49.